The van der Waals surface area contributed by atoms with Gasteiger partial charge in [0.1, 0.15) is 5.82 Å². The summed E-state index contributed by atoms with van der Waals surface area (Å²) in [5.41, 5.74) is 0.746. The van der Waals surface area contributed by atoms with Crippen LogP contribution in [0, 0.1) is 0 Å². The van der Waals surface area contributed by atoms with E-state index in [0.29, 0.717) is 31.3 Å². The summed E-state index contributed by atoms with van der Waals surface area (Å²) in [5.74, 6) is 0.944. The van der Waals surface area contributed by atoms with Crippen LogP contribution >= 0.6 is 0 Å². The molecule has 1 saturated heterocycles. The standard InChI is InChI=1S/C20H21N5O2/c26-19(8-11-23-10-3-9-21-23)25-14-6-7-15(25)13-24-18(12-14)22-17-5-2-1-4-16(17)20(24)27/h1-5,9-10,14-15H,6-8,11-13H2/t14-,15+/m0/s1. The van der Waals surface area contributed by atoms with Gasteiger partial charge in [-0.25, -0.2) is 4.98 Å². The Morgan fingerprint density at radius 2 is 2.00 bits per heavy atom. The van der Waals surface area contributed by atoms with Crippen molar-refractivity contribution in [3.05, 3.63) is 58.9 Å². The molecule has 7 heteroatoms. The molecule has 0 aliphatic carbocycles. The Hall–Kier alpha value is -2.96. The average Bonchev–Trinajstić information content (AvgIpc) is 3.28. The Bertz CT molecular complexity index is 1060. The highest BCUT2D eigenvalue weighted by Gasteiger charge is 2.40. The molecule has 5 rings (SSSR count). The second-order valence-corrected chi connectivity index (χ2v) is 7.37. The van der Waals surface area contributed by atoms with E-state index < -0.39 is 0 Å². The first-order valence-corrected chi connectivity index (χ1v) is 9.48. The molecule has 3 aromatic rings. The van der Waals surface area contributed by atoms with Gasteiger partial charge in [0.05, 0.1) is 16.9 Å². The maximum atomic E-state index is 13.0. The highest BCUT2D eigenvalue weighted by molar-refractivity contribution is 5.78. The van der Waals surface area contributed by atoms with E-state index >= 15 is 0 Å². The fourth-order valence-corrected chi connectivity index (χ4v) is 4.50. The molecular formula is C20H21N5O2. The predicted molar refractivity (Wildman–Crippen MR) is 100 cm³/mol. The van der Waals surface area contributed by atoms with Gasteiger partial charge < -0.3 is 4.90 Å². The zero-order chi connectivity index (χ0) is 18.4. The lowest BCUT2D eigenvalue weighted by molar-refractivity contribution is -0.134. The summed E-state index contributed by atoms with van der Waals surface area (Å²) in [6, 6.07) is 9.54. The number of hydrogen-bond acceptors (Lipinski definition) is 4. The van der Waals surface area contributed by atoms with Gasteiger partial charge in [0.25, 0.3) is 5.56 Å². The molecule has 0 spiro atoms. The Morgan fingerprint density at radius 1 is 1.15 bits per heavy atom. The summed E-state index contributed by atoms with van der Waals surface area (Å²) >= 11 is 0. The van der Waals surface area contributed by atoms with E-state index in [4.69, 9.17) is 4.98 Å². The summed E-state index contributed by atoms with van der Waals surface area (Å²) in [7, 11) is 0. The van der Waals surface area contributed by atoms with Crippen LogP contribution < -0.4 is 5.56 Å². The topological polar surface area (TPSA) is 73.0 Å². The number of aryl methyl sites for hydroxylation is 1. The zero-order valence-electron chi connectivity index (χ0n) is 15.0. The third-order valence-electron chi connectivity index (χ3n) is 5.77. The molecule has 2 aromatic heterocycles. The van der Waals surface area contributed by atoms with E-state index in [1.165, 1.54) is 0 Å². The van der Waals surface area contributed by atoms with E-state index in [0.717, 1.165) is 24.2 Å². The molecule has 0 radical (unpaired) electrons. The molecular weight excluding hydrogens is 342 g/mol. The van der Waals surface area contributed by atoms with Gasteiger partial charge in [0, 0.05) is 44.4 Å². The summed E-state index contributed by atoms with van der Waals surface area (Å²) in [6.45, 7) is 1.12. The van der Waals surface area contributed by atoms with Gasteiger partial charge in [0.15, 0.2) is 0 Å². The molecule has 0 N–H and O–H groups in total. The SMILES string of the molecule is O=C(CCn1cccn1)N1[C@@H]2CC[C@H]1Cc1nc3ccccc3c(=O)n1C2. The van der Waals surface area contributed by atoms with Crippen molar-refractivity contribution < 1.29 is 4.79 Å². The number of rotatable bonds is 3. The fourth-order valence-electron chi connectivity index (χ4n) is 4.50. The summed E-state index contributed by atoms with van der Waals surface area (Å²) in [4.78, 5) is 32.7. The van der Waals surface area contributed by atoms with Crippen molar-refractivity contribution in [1.29, 1.82) is 0 Å². The first-order valence-electron chi connectivity index (χ1n) is 9.48. The maximum Gasteiger partial charge on any atom is 0.261 e. The van der Waals surface area contributed by atoms with Gasteiger partial charge in [-0.2, -0.15) is 5.10 Å². The van der Waals surface area contributed by atoms with Crippen molar-refractivity contribution in [1.82, 2.24) is 24.2 Å². The molecule has 2 bridgehead atoms. The van der Waals surface area contributed by atoms with E-state index in [1.807, 2.05) is 41.4 Å². The molecule has 4 heterocycles. The summed E-state index contributed by atoms with van der Waals surface area (Å²) in [5, 5.41) is 4.82. The largest absolute Gasteiger partial charge is 0.334 e. The quantitative estimate of drug-likeness (QED) is 0.709. The lowest BCUT2D eigenvalue weighted by Gasteiger charge is -2.27. The molecule has 0 saturated carbocycles. The number of fused-ring (bicyclic) bond motifs is 4. The lowest BCUT2D eigenvalue weighted by atomic mass is 10.1. The van der Waals surface area contributed by atoms with Crippen molar-refractivity contribution in [2.75, 3.05) is 0 Å². The zero-order valence-corrected chi connectivity index (χ0v) is 15.0. The molecule has 7 nitrogen and oxygen atoms in total. The van der Waals surface area contributed by atoms with E-state index in [1.54, 1.807) is 15.4 Å². The molecule has 1 amide bonds. The number of nitrogens with zero attached hydrogens (tertiary/aromatic N) is 5. The summed E-state index contributed by atoms with van der Waals surface area (Å²) < 4.78 is 3.57. The van der Waals surface area contributed by atoms with Crippen molar-refractivity contribution in [3.63, 3.8) is 0 Å². The Balaban J connectivity index is 1.45. The Labute approximate surface area is 156 Å². The molecule has 0 unspecified atom stereocenters. The molecule has 1 fully saturated rings. The van der Waals surface area contributed by atoms with Crippen molar-refractivity contribution in [2.24, 2.45) is 0 Å². The van der Waals surface area contributed by atoms with E-state index in [2.05, 4.69) is 5.10 Å². The Kier molecular flexibility index (Phi) is 3.81. The lowest BCUT2D eigenvalue weighted by Crippen LogP contribution is -2.42. The molecule has 27 heavy (non-hydrogen) atoms. The first-order chi connectivity index (χ1) is 13.2. The number of carbonyl (C=O) groups excluding carboxylic acids is 1. The molecule has 138 valence electrons. The average molecular weight is 363 g/mol. The number of aromatic nitrogens is 4. The van der Waals surface area contributed by atoms with Crippen LogP contribution in [0.2, 0.25) is 0 Å². The minimum absolute atomic E-state index is 0.00656. The highest BCUT2D eigenvalue weighted by Crippen LogP contribution is 2.31. The van der Waals surface area contributed by atoms with Crippen LogP contribution in [0.1, 0.15) is 25.1 Å². The van der Waals surface area contributed by atoms with Gasteiger partial charge in [0.2, 0.25) is 5.91 Å². The van der Waals surface area contributed by atoms with Crippen LogP contribution in [0.15, 0.2) is 47.5 Å². The number of amides is 1. The van der Waals surface area contributed by atoms with Crippen LogP contribution in [-0.2, 0) is 24.3 Å². The second kappa shape index (κ2) is 6.33. The fraction of sp³-hybridized carbons (Fsp3) is 0.400. The maximum absolute atomic E-state index is 13.0. The normalized spacial score (nSPS) is 21.3. The van der Waals surface area contributed by atoms with Crippen molar-refractivity contribution in [2.45, 2.75) is 50.9 Å². The molecule has 2 atom stereocenters. The number of hydrogen-bond donors (Lipinski definition) is 0. The van der Waals surface area contributed by atoms with Crippen molar-refractivity contribution >= 4 is 16.8 Å². The van der Waals surface area contributed by atoms with Crippen molar-refractivity contribution in [3.8, 4) is 0 Å². The van der Waals surface area contributed by atoms with E-state index in [9.17, 15) is 9.59 Å². The van der Waals surface area contributed by atoms with Crippen LogP contribution in [0.5, 0.6) is 0 Å². The minimum atomic E-state index is 0.00656. The Morgan fingerprint density at radius 3 is 2.85 bits per heavy atom. The van der Waals surface area contributed by atoms with Gasteiger partial charge >= 0.3 is 0 Å². The predicted octanol–water partition coefficient (Wildman–Crippen LogP) is 1.60. The number of para-hydroxylation sites is 1. The number of benzene rings is 1. The van der Waals surface area contributed by atoms with Gasteiger partial charge in [-0.1, -0.05) is 12.1 Å². The molecule has 1 aromatic carbocycles. The monoisotopic (exact) mass is 363 g/mol. The second-order valence-electron chi connectivity index (χ2n) is 7.37. The third kappa shape index (κ3) is 2.74. The van der Waals surface area contributed by atoms with Gasteiger partial charge in [-0.3, -0.25) is 18.8 Å². The van der Waals surface area contributed by atoms with Crippen LogP contribution in [0.25, 0.3) is 10.9 Å². The van der Waals surface area contributed by atoms with E-state index in [-0.39, 0.29) is 23.6 Å². The third-order valence-corrected chi connectivity index (χ3v) is 5.77. The minimum Gasteiger partial charge on any atom is -0.334 e. The molecule has 2 aliphatic rings. The van der Waals surface area contributed by atoms with Gasteiger partial charge in [-0.05, 0) is 31.0 Å². The van der Waals surface area contributed by atoms with Crippen LogP contribution in [0.4, 0.5) is 0 Å². The highest BCUT2D eigenvalue weighted by atomic mass is 16.2. The molecule has 2 aliphatic heterocycles. The number of carbonyl (C=O) groups is 1. The van der Waals surface area contributed by atoms with Crippen LogP contribution in [-0.4, -0.2) is 42.2 Å². The summed E-state index contributed by atoms with van der Waals surface area (Å²) in [6.07, 6.45) is 6.58. The van der Waals surface area contributed by atoms with Crippen LogP contribution in [0.3, 0.4) is 0 Å². The smallest absolute Gasteiger partial charge is 0.261 e. The first kappa shape index (κ1) is 16.2. The van der Waals surface area contributed by atoms with Gasteiger partial charge in [-0.15, -0.1) is 0 Å².